The van der Waals surface area contributed by atoms with Gasteiger partial charge >= 0.3 is 0 Å². The predicted molar refractivity (Wildman–Crippen MR) is 94.7 cm³/mol. The molecule has 1 heterocycles. The molecule has 1 amide bonds. The minimum absolute atomic E-state index is 0.0441. The van der Waals surface area contributed by atoms with Crippen molar-refractivity contribution in [3.63, 3.8) is 0 Å². The van der Waals surface area contributed by atoms with Crippen LogP contribution in [-0.2, 0) is 4.79 Å². The van der Waals surface area contributed by atoms with Crippen molar-refractivity contribution < 1.29 is 14.3 Å². The van der Waals surface area contributed by atoms with E-state index in [1.54, 1.807) is 0 Å². The van der Waals surface area contributed by atoms with Crippen LogP contribution in [0.1, 0.15) is 13.3 Å². The lowest BCUT2D eigenvalue weighted by Gasteiger charge is -2.32. The van der Waals surface area contributed by atoms with Crippen molar-refractivity contribution in [2.75, 3.05) is 59.5 Å². The number of benzene rings is 1. The van der Waals surface area contributed by atoms with Gasteiger partial charge in [-0.25, -0.2) is 0 Å². The number of carbonyl (C=O) groups excluding carboxylic acids is 1. The number of ether oxygens (including phenoxy) is 2. The molecule has 6 heteroatoms. The first kappa shape index (κ1) is 18.5. The average molecular weight is 335 g/mol. The average Bonchev–Trinajstić information content (AvgIpc) is 2.60. The van der Waals surface area contributed by atoms with Gasteiger partial charge in [0.1, 0.15) is 11.5 Å². The second-order valence-electron chi connectivity index (χ2n) is 6.04. The zero-order valence-electron chi connectivity index (χ0n) is 14.8. The summed E-state index contributed by atoms with van der Waals surface area (Å²) in [6.07, 6.45) is 0.971. The van der Waals surface area contributed by atoms with Gasteiger partial charge in [0.2, 0.25) is 0 Å². The van der Waals surface area contributed by atoms with Crippen LogP contribution in [-0.4, -0.2) is 75.2 Å². The number of hydrogen-bond donors (Lipinski definition) is 1. The third-order valence-electron chi connectivity index (χ3n) is 4.07. The summed E-state index contributed by atoms with van der Waals surface area (Å²) < 4.78 is 10.8. The molecule has 0 aromatic heterocycles. The highest BCUT2D eigenvalue weighted by Gasteiger charge is 2.12. The molecule has 24 heavy (non-hydrogen) atoms. The minimum Gasteiger partial charge on any atom is -0.494 e. The molecule has 1 aromatic rings. The van der Waals surface area contributed by atoms with E-state index in [9.17, 15) is 4.79 Å². The van der Waals surface area contributed by atoms with E-state index in [-0.39, 0.29) is 12.5 Å². The molecule has 2 rings (SSSR count). The fourth-order valence-electron chi connectivity index (χ4n) is 2.60. The Kier molecular flexibility index (Phi) is 7.85. The topological polar surface area (TPSA) is 54.0 Å². The summed E-state index contributed by atoms with van der Waals surface area (Å²) >= 11 is 0. The molecule has 1 N–H and O–H groups in total. The number of nitrogens with one attached hydrogen (secondary N) is 1. The number of nitrogens with zero attached hydrogens (tertiary/aromatic N) is 2. The maximum Gasteiger partial charge on any atom is 0.257 e. The maximum atomic E-state index is 11.8. The first-order chi connectivity index (χ1) is 11.7. The Morgan fingerprint density at radius 3 is 2.33 bits per heavy atom. The molecule has 0 radical (unpaired) electrons. The largest absolute Gasteiger partial charge is 0.494 e. The van der Waals surface area contributed by atoms with Gasteiger partial charge in [0, 0.05) is 32.7 Å². The highest BCUT2D eigenvalue weighted by atomic mass is 16.5. The van der Waals surface area contributed by atoms with Crippen molar-refractivity contribution in [2.45, 2.75) is 13.3 Å². The molecular formula is C18H29N3O3. The third-order valence-corrected chi connectivity index (χ3v) is 4.07. The summed E-state index contributed by atoms with van der Waals surface area (Å²) in [4.78, 5) is 16.6. The zero-order chi connectivity index (χ0) is 17.2. The lowest BCUT2D eigenvalue weighted by Crippen LogP contribution is -2.45. The Bertz CT molecular complexity index is 485. The van der Waals surface area contributed by atoms with Gasteiger partial charge in [-0.05, 0) is 51.2 Å². The maximum absolute atomic E-state index is 11.8. The van der Waals surface area contributed by atoms with Crippen molar-refractivity contribution in [2.24, 2.45) is 0 Å². The SMILES string of the molecule is CCOc1ccc(OCC(=O)NCCCN2CCN(C)CC2)cc1. The van der Waals surface area contributed by atoms with E-state index < -0.39 is 0 Å². The molecule has 1 fully saturated rings. The molecule has 0 atom stereocenters. The lowest BCUT2D eigenvalue weighted by atomic mass is 10.3. The molecule has 0 aliphatic carbocycles. The van der Waals surface area contributed by atoms with Crippen molar-refractivity contribution in [1.82, 2.24) is 15.1 Å². The van der Waals surface area contributed by atoms with Crippen LogP contribution < -0.4 is 14.8 Å². The predicted octanol–water partition coefficient (Wildman–Crippen LogP) is 1.22. The van der Waals surface area contributed by atoms with Crippen molar-refractivity contribution in [3.05, 3.63) is 24.3 Å². The Hall–Kier alpha value is -1.79. The minimum atomic E-state index is -0.0812. The smallest absolute Gasteiger partial charge is 0.257 e. The first-order valence-electron chi connectivity index (χ1n) is 8.70. The molecule has 0 spiro atoms. The summed E-state index contributed by atoms with van der Waals surface area (Å²) in [5.74, 6) is 1.39. The standard InChI is InChI=1S/C18H29N3O3/c1-3-23-16-5-7-17(8-6-16)24-15-18(22)19-9-4-10-21-13-11-20(2)12-14-21/h5-8H,3-4,9-15H2,1-2H3,(H,19,22). The summed E-state index contributed by atoms with van der Waals surface area (Å²) in [7, 11) is 2.15. The Morgan fingerprint density at radius 2 is 1.71 bits per heavy atom. The van der Waals surface area contributed by atoms with E-state index >= 15 is 0 Å². The van der Waals surface area contributed by atoms with Crippen LogP contribution >= 0.6 is 0 Å². The molecule has 1 aliphatic rings. The Morgan fingerprint density at radius 1 is 1.08 bits per heavy atom. The third kappa shape index (κ3) is 6.76. The number of amides is 1. The molecule has 6 nitrogen and oxygen atoms in total. The highest BCUT2D eigenvalue weighted by Crippen LogP contribution is 2.17. The number of hydrogen-bond acceptors (Lipinski definition) is 5. The van der Waals surface area contributed by atoms with Crippen LogP contribution in [0.3, 0.4) is 0 Å². The van der Waals surface area contributed by atoms with Crippen LogP contribution in [0.4, 0.5) is 0 Å². The summed E-state index contributed by atoms with van der Waals surface area (Å²) in [6, 6.07) is 7.30. The van der Waals surface area contributed by atoms with Gasteiger partial charge in [0.25, 0.3) is 5.91 Å². The molecule has 0 unspecified atom stereocenters. The molecule has 134 valence electrons. The van der Waals surface area contributed by atoms with Crippen LogP contribution in [0.15, 0.2) is 24.3 Å². The van der Waals surface area contributed by atoms with Crippen molar-refractivity contribution in [1.29, 1.82) is 0 Å². The van der Waals surface area contributed by atoms with Gasteiger partial charge in [0.15, 0.2) is 6.61 Å². The van der Waals surface area contributed by atoms with E-state index in [0.29, 0.717) is 18.9 Å². The van der Waals surface area contributed by atoms with Crippen molar-refractivity contribution >= 4 is 5.91 Å². The normalized spacial score (nSPS) is 15.9. The van der Waals surface area contributed by atoms with Gasteiger partial charge in [0.05, 0.1) is 6.61 Å². The van der Waals surface area contributed by atoms with Gasteiger partial charge in [-0.15, -0.1) is 0 Å². The second-order valence-corrected chi connectivity index (χ2v) is 6.04. The van der Waals surface area contributed by atoms with Crippen molar-refractivity contribution in [3.8, 4) is 11.5 Å². The quantitative estimate of drug-likeness (QED) is 0.688. The van der Waals surface area contributed by atoms with E-state index in [1.165, 1.54) is 0 Å². The zero-order valence-corrected chi connectivity index (χ0v) is 14.8. The monoisotopic (exact) mass is 335 g/mol. The molecule has 1 aromatic carbocycles. The fourth-order valence-corrected chi connectivity index (χ4v) is 2.60. The lowest BCUT2D eigenvalue weighted by molar-refractivity contribution is -0.123. The van der Waals surface area contributed by atoms with Crippen LogP contribution in [0.5, 0.6) is 11.5 Å². The molecule has 1 aliphatic heterocycles. The summed E-state index contributed by atoms with van der Waals surface area (Å²) in [5, 5.41) is 2.91. The number of carbonyl (C=O) groups is 1. The number of likely N-dealkylation sites (N-methyl/N-ethyl adjacent to an activating group) is 1. The van der Waals surface area contributed by atoms with Crippen LogP contribution in [0.2, 0.25) is 0 Å². The van der Waals surface area contributed by atoms with E-state index in [4.69, 9.17) is 9.47 Å². The Balaban J connectivity index is 1.54. The van der Waals surface area contributed by atoms with E-state index in [1.807, 2.05) is 31.2 Å². The molecule has 1 saturated heterocycles. The molecular weight excluding hydrogens is 306 g/mol. The van der Waals surface area contributed by atoms with Gasteiger partial charge in [-0.2, -0.15) is 0 Å². The van der Waals surface area contributed by atoms with Crippen LogP contribution in [0, 0.1) is 0 Å². The molecule has 0 bridgehead atoms. The van der Waals surface area contributed by atoms with Gasteiger partial charge in [-0.3, -0.25) is 4.79 Å². The van der Waals surface area contributed by atoms with Crippen LogP contribution in [0.25, 0.3) is 0 Å². The Labute approximate surface area is 144 Å². The number of rotatable bonds is 9. The summed E-state index contributed by atoms with van der Waals surface area (Å²) in [6.45, 7) is 8.84. The number of piperazine rings is 1. The first-order valence-corrected chi connectivity index (χ1v) is 8.70. The fraction of sp³-hybridized carbons (Fsp3) is 0.611. The second kappa shape index (κ2) is 10.2. The van der Waals surface area contributed by atoms with E-state index in [0.717, 1.165) is 44.9 Å². The highest BCUT2D eigenvalue weighted by molar-refractivity contribution is 5.77. The summed E-state index contributed by atoms with van der Waals surface area (Å²) in [5.41, 5.74) is 0. The van der Waals surface area contributed by atoms with Gasteiger partial charge in [-0.1, -0.05) is 0 Å². The molecule has 0 saturated carbocycles. The van der Waals surface area contributed by atoms with E-state index in [2.05, 4.69) is 22.2 Å². The van der Waals surface area contributed by atoms with Gasteiger partial charge < -0.3 is 24.6 Å².